The molecule has 0 unspecified atom stereocenters. The van der Waals surface area contributed by atoms with Gasteiger partial charge in [-0.1, -0.05) is 37.6 Å². The van der Waals surface area contributed by atoms with Crippen molar-refractivity contribution in [2.75, 3.05) is 33.2 Å². The fraction of sp³-hybridized carbons (Fsp3) is 0.524. The summed E-state index contributed by atoms with van der Waals surface area (Å²) >= 11 is 6.10. The Balaban J connectivity index is 1.49. The second-order valence-electron chi connectivity index (χ2n) is 7.68. The number of rotatable bonds is 6. The minimum absolute atomic E-state index is 0.597. The maximum Gasteiger partial charge on any atom is 0.194 e. The van der Waals surface area contributed by atoms with Gasteiger partial charge in [-0.3, -0.25) is 9.89 Å². The van der Waals surface area contributed by atoms with Crippen molar-refractivity contribution < 1.29 is 0 Å². The van der Waals surface area contributed by atoms with Gasteiger partial charge in [-0.05, 0) is 23.6 Å². The van der Waals surface area contributed by atoms with Gasteiger partial charge in [0.05, 0.1) is 6.54 Å². The van der Waals surface area contributed by atoms with Crippen LogP contribution < -0.4 is 5.32 Å². The fourth-order valence-electron chi connectivity index (χ4n) is 3.57. The summed E-state index contributed by atoms with van der Waals surface area (Å²) in [4.78, 5) is 13.8. The van der Waals surface area contributed by atoms with Gasteiger partial charge in [0.2, 0.25) is 0 Å². The largest absolute Gasteiger partial charge is 0.349 e. The molecule has 7 heteroatoms. The zero-order valence-electron chi connectivity index (χ0n) is 17.1. The molecule has 1 N–H and O–H groups in total. The molecule has 0 atom stereocenters. The first-order valence-corrected chi connectivity index (χ1v) is 10.4. The van der Waals surface area contributed by atoms with Crippen LogP contribution in [0.5, 0.6) is 0 Å². The highest BCUT2D eigenvalue weighted by Gasteiger charge is 2.20. The van der Waals surface area contributed by atoms with Gasteiger partial charge in [0, 0.05) is 63.7 Å². The molecule has 0 bridgehead atoms. The maximum atomic E-state index is 6.10. The quantitative estimate of drug-likeness (QED) is 0.595. The van der Waals surface area contributed by atoms with Crippen molar-refractivity contribution in [1.29, 1.82) is 0 Å². The number of guanidine groups is 1. The standard InChI is InChI=1S/C21H31ClN6/c1-17(2)15-28-8-7-24-20(28)14-25-21(23-3)27-11-9-26(10-12-27)16-18-5-4-6-19(22)13-18/h4-8,13,17H,9-12,14-16H2,1-3H3,(H,23,25). The summed E-state index contributed by atoms with van der Waals surface area (Å²) in [6.07, 6.45) is 3.92. The first-order valence-electron chi connectivity index (χ1n) is 9.97. The van der Waals surface area contributed by atoms with Crippen molar-refractivity contribution in [1.82, 2.24) is 24.7 Å². The van der Waals surface area contributed by atoms with Gasteiger partial charge in [0.15, 0.2) is 5.96 Å². The average Bonchev–Trinajstić information content (AvgIpc) is 3.10. The molecule has 0 saturated carbocycles. The molecule has 28 heavy (non-hydrogen) atoms. The van der Waals surface area contributed by atoms with E-state index >= 15 is 0 Å². The number of aliphatic imine (C=N–C) groups is 1. The summed E-state index contributed by atoms with van der Waals surface area (Å²) in [5.74, 6) is 2.59. The summed E-state index contributed by atoms with van der Waals surface area (Å²) in [6, 6.07) is 8.12. The van der Waals surface area contributed by atoms with Crippen LogP contribution in [0.3, 0.4) is 0 Å². The van der Waals surface area contributed by atoms with E-state index in [0.717, 1.165) is 56.1 Å². The number of benzene rings is 1. The van der Waals surface area contributed by atoms with Crippen LogP contribution in [0, 0.1) is 5.92 Å². The van der Waals surface area contributed by atoms with Crippen LogP contribution in [0.25, 0.3) is 0 Å². The summed E-state index contributed by atoms with van der Waals surface area (Å²) in [7, 11) is 1.85. The van der Waals surface area contributed by atoms with Crippen molar-refractivity contribution >= 4 is 17.6 Å². The normalized spacial score (nSPS) is 16.0. The van der Waals surface area contributed by atoms with Crippen LogP contribution in [0.2, 0.25) is 5.02 Å². The molecule has 0 amide bonds. The molecule has 1 aliphatic rings. The Morgan fingerprint density at radius 2 is 2.04 bits per heavy atom. The summed E-state index contributed by atoms with van der Waals surface area (Å²) < 4.78 is 2.22. The highest BCUT2D eigenvalue weighted by Crippen LogP contribution is 2.14. The summed E-state index contributed by atoms with van der Waals surface area (Å²) in [5.41, 5.74) is 1.26. The van der Waals surface area contributed by atoms with Gasteiger partial charge < -0.3 is 14.8 Å². The Morgan fingerprint density at radius 1 is 1.25 bits per heavy atom. The number of piperazine rings is 1. The van der Waals surface area contributed by atoms with Crippen molar-refractivity contribution in [3.63, 3.8) is 0 Å². The van der Waals surface area contributed by atoms with Gasteiger partial charge in [-0.15, -0.1) is 0 Å². The molecule has 2 aromatic rings. The molecule has 1 aliphatic heterocycles. The third-order valence-corrected chi connectivity index (χ3v) is 5.18. The minimum Gasteiger partial charge on any atom is -0.349 e. The summed E-state index contributed by atoms with van der Waals surface area (Å²) in [6.45, 7) is 11.0. The van der Waals surface area contributed by atoms with Gasteiger partial charge >= 0.3 is 0 Å². The smallest absolute Gasteiger partial charge is 0.194 e. The summed E-state index contributed by atoms with van der Waals surface area (Å²) in [5, 5.41) is 4.29. The van der Waals surface area contributed by atoms with Crippen LogP contribution in [-0.4, -0.2) is 58.5 Å². The number of nitrogens with one attached hydrogen (secondary N) is 1. The SMILES string of the molecule is CN=C(NCc1nccn1CC(C)C)N1CCN(Cc2cccc(Cl)c2)CC1. The van der Waals surface area contributed by atoms with Gasteiger partial charge in [-0.2, -0.15) is 0 Å². The lowest BCUT2D eigenvalue weighted by Gasteiger charge is -2.36. The van der Waals surface area contributed by atoms with Gasteiger partial charge in [0.25, 0.3) is 0 Å². The lowest BCUT2D eigenvalue weighted by atomic mass is 10.2. The molecule has 1 fully saturated rings. The third-order valence-electron chi connectivity index (χ3n) is 4.95. The molecule has 1 aromatic carbocycles. The maximum absolute atomic E-state index is 6.10. The molecule has 0 aliphatic carbocycles. The molecule has 0 radical (unpaired) electrons. The van der Waals surface area contributed by atoms with E-state index in [0.29, 0.717) is 12.5 Å². The number of imidazole rings is 1. The van der Waals surface area contributed by atoms with E-state index in [1.54, 1.807) is 0 Å². The van der Waals surface area contributed by atoms with Crippen LogP contribution in [-0.2, 0) is 19.6 Å². The van der Waals surface area contributed by atoms with Crippen LogP contribution in [0.1, 0.15) is 25.2 Å². The first kappa shape index (κ1) is 20.7. The molecular weight excluding hydrogens is 372 g/mol. The molecule has 152 valence electrons. The van der Waals surface area contributed by atoms with Crippen molar-refractivity contribution in [2.24, 2.45) is 10.9 Å². The molecule has 2 heterocycles. The lowest BCUT2D eigenvalue weighted by Crippen LogP contribution is -2.52. The zero-order chi connectivity index (χ0) is 19.9. The second-order valence-corrected chi connectivity index (χ2v) is 8.12. The highest BCUT2D eigenvalue weighted by molar-refractivity contribution is 6.30. The van der Waals surface area contributed by atoms with Crippen LogP contribution in [0.15, 0.2) is 41.7 Å². The van der Waals surface area contributed by atoms with E-state index < -0.39 is 0 Å². The predicted molar refractivity (Wildman–Crippen MR) is 116 cm³/mol. The van der Waals surface area contributed by atoms with E-state index in [2.05, 4.69) is 49.6 Å². The Bertz CT molecular complexity index is 777. The van der Waals surface area contributed by atoms with Crippen LogP contribution in [0.4, 0.5) is 0 Å². The number of nitrogens with zero attached hydrogens (tertiary/aromatic N) is 5. The van der Waals surface area contributed by atoms with E-state index in [-0.39, 0.29) is 0 Å². The average molecular weight is 403 g/mol. The molecule has 1 saturated heterocycles. The Kier molecular flexibility index (Phi) is 7.34. The third kappa shape index (κ3) is 5.72. The van der Waals surface area contributed by atoms with E-state index in [9.17, 15) is 0 Å². The first-order chi connectivity index (χ1) is 13.5. The van der Waals surface area contributed by atoms with Gasteiger partial charge in [0.1, 0.15) is 5.82 Å². The van der Waals surface area contributed by atoms with Crippen molar-refractivity contribution in [3.8, 4) is 0 Å². The lowest BCUT2D eigenvalue weighted by molar-refractivity contribution is 0.172. The Morgan fingerprint density at radius 3 is 2.71 bits per heavy atom. The minimum atomic E-state index is 0.597. The number of halogens is 1. The number of hydrogen-bond acceptors (Lipinski definition) is 3. The Hall–Kier alpha value is -2.05. The van der Waals surface area contributed by atoms with Crippen molar-refractivity contribution in [3.05, 3.63) is 53.1 Å². The predicted octanol–water partition coefficient (Wildman–Crippen LogP) is 3.09. The second kappa shape index (κ2) is 9.94. The van der Waals surface area contributed by atoms with E-state index in [1.165, 1.54) is 5.56 Å². The van der Waals surface area contributed by atoms with Crippen LogP contribution >= 0.6 is 11.6 Å². The molecule has 0 spiro atoms. The molecular formula is C21H31ClN6. The fourth-order valence-corrected chi connectivity index (χ4v) is 3.78. The molecule has 6 nitrogen and oxygen atoms in total. The topological polar surface area (TPSA) is 48.7 Å². The van der Waals surface area contributed by atoms with Crippen molar-refractivity contribution in [2.45, 2.75) is 33.5 Å². The molecule has 1 aromatic heterocycles. The van der Waals surface area contributed by atoms with E-state index in [1.807, 2.05) is 37.6 Å². The van der Waals surface area contributed by atoms with E-state index in [4.69, 9.17) is 11.6 Å². The zero-order valence-corrected chi connectivity index (χ0v) is 17.9. The Labute approximate surface area is 173 Å². The van der Waals surface area contributed by atoms with Gasteiger partial charge in [-0.25, -0.2) is 4.98 Å². The monoisotopic (exact) mass is 402 g/mol. The number of hydrogen-bond donors (Lipinski definition) is 1. The molecule has 3 rings (SSSR count). The highest BCUT2D eigenvalue weighted by atomic mass is 35.5. The number of aromatic nitrogens is 2.